The lowest BCUT2D eigenvalue weighted by atomic mass is 10.1. The molecule has 1 amide bonds. The van der Waals surface area contributed by atoms with Crippen LogP contribution in [0.1, 0.15) is 16.1 Å². The standard InChI is InChI=1S/C11H8F3N3O2/c12-11(13,14)6-1-2-7-8(5-6)17(3-4-18)16-9(7)10(15)19/h1-2,4-5H,3H2,(H2,15,19). The van der Waals surface area contributed by atoms with Gasteiger partial charge in [-0.15, -0.1) is 0 Å². The third-order valence-corrected chi connectivity index (χ3v) is 2.56. The molecule has 0 aliphatic heterocycles. The number of carbonyl (C=O) groups is 2. The summed E-state index contributed by atoms with van der Waals surface area (Å²) in [5.74, 6) is -0.866. The van der Waals surface area contributed by atoms with Crippen LogP contribution in [0.15, 0.2) is 18.2 Å². The van der Waals surface area contributed by atoms with Crippen LogP contribution in [0.3, 0.4) is 0 Å². The maximum absolute atomic E-state index is 12.6. The van der Waals surface area contributed by atoms with Crippen LogP contribution in [-0.4, -0.2) is 22.0 Å². The van der Waals surface area contributed by atoms with Crippen molar-refractivity contribution < 1.29 is 22.8 Å². The summed E-state index contributed by atoms with van der Waals surface area (Å²) in [6.45, 7) is -0.259. The van der Waals surface area contributed by atoms with Gasteiger partial charge < -0.3 is 10.5 Å². The van der Waals surface area contributed by atoms with E-state index in [9.17, 15) is 22.8 Å². The smallest absolute Gasteiger partial charge is 0.364 e. The lowest BCUT2D eigenvalue weighted by molar-refractivity contribution is -0.137. The second-order valence-corrected chi connectivity index (χ2v) is 3.79. The number of carbonyl (C=O) groups excluding carboxylic acids is 2. The summed E-state index contributed by atoms with van der Waals surface area (Å²) in [6, 6.07) is 2.78. The normalized spacial score (nSPS) is 11.7. The lowest BCUT2D eigenvalue weighted by Crippen LogP contribution is -2.13. The highest BCUT2D eigenvalue weighted by Crippen LogP contribution is 2.32. The highest BCUT2D eigenvalue weighted by molar-refractivity contribution is 6.04. The van der Waals surface area contributed by atoms with E-state index >= 15 is 0 Å². The van der Waals surface area contributed by atoms with Gasteiger partial charge in [0.15, 0.2) is 5.69 Å². The Bertz CT molecular complexity index is 661. The van der Waals surface area contributed by atoms with Gasteiger partial charge in [0.05, 0.1) is 17.6 Å². The molecule has 5 nitrogen and oxygen atoms in total. The minimum absolute atomic E-state index is 0.0377. The second kappa shape index (κ2) is 4.38. The van der Waals surface area contributed by atoms with E-state index in [1.54, 1.807) is 0 Å². The number of hydrogen-bond acceptors (Lipinski definition) is 3. The maximum Gasteiger partial charge on any atom is 0.416 e. The average molecular weight is 271 g/mol. The molecule has 0 aliphatic carbocycles. The number of aldehydes is 1. The van der Waals surface area contributed by atoms with Crippen molar-refractivity contribution in [3.8, 4) is 0 Å². The van der Waals surface area contributed by atoms with Crippen molar-refractivity contribution in [3.63, 3.8) is 0 Å². The molecule has 0 spiro atoms. The fourth-order valence-corrected chi connectivity index (χ4v) is 1.74. The highest BCUT2D eigenvalue weighted by Gasteiger charge is 2.31. The number of amides is 1. The minimum atomic E-state index is -4.52. The van der Waals surface area contributed by atoms with Crippen molar-refractivity contribution in [2.75, 3.05) is 0 Å². The molecule has 2 aromatic rings. The number of hydrogen-bond donors (Lipinski definition) is 1. The van der Waals surface area contributed by atoms with Gasteiger partial charge in [-0.05, 0) is 18.2 Å². The van der Waals surface area contributed by atoms with Gasteiger partial charge in [0.2, 0.25) is 0 Å². The molecule has 0 radical (unpaired) electrons. The number of rotatable bonds is 3. The summed E-state index contributed by atoms with van der Waals surface area (Å²) in [5.41, 5.74) is 4.08. The van der Waals surface area contributed by atoms with Gasteiger partial charge in [-0.25, -0.2) is 0 Å². The zero-order chi connectivity index (χ0) is 14.2. The van der Waals surface area contributed by atoms with E-state index < -0.39 is 17.6 Å². The summed E-state index contributed by atoms with van der Waals surface area (Å²) < 4.78 is 38.8. The van der Waals surface area contributed by atoms with Crippen LogP contribution in [-0.2, 0) is 17.5 Å². The number of nitrogens with two attached hydrogens (primary N) is 1. The zero-order valence-corrected chi connectivity index (χ0v) is 9.44. The van der Waals surface area contributed by atoms with Crippen molar-refractivity contribution in [2.24, 2.45) is 5.73 Å². The number of alkyl halides is 3. The Labute approximate surface area is 104 Å². The van der Waals surface area contributed by atoms with E-state index in [0.717, 1.165) is 22.9 Å². The van der Waals surface area contributed by atoms with Gasteiger partial charge in [0.1, 0.15) is 6.29 Å². The van der Waals surface area contributed by atoms with E-state index in [4.69, 9.17) is 5.73 Å². The molecule has 2 N–H and O–H groups in total. The van der Waals surface area contributed by atoms with Crippen LogP contribution in [0.5, 0.6) is 0 Å². The van der Waals surface area contributed by atoms with E-state index in [0.29, 0.717) is 6.29 Å². The molecular formula is C11H8F3N3O2. The van der Waals surface area contributed by atoms with Crippen molar-refractivity contribution >= 4 is 23.1 Å². The molecule has 8 heteroatoms. The van der Waals surface area contributed by atoms with Crippen LogP contribution >= 0.6 is 0 Å². The Kier molecular flexibility index (Phi) is 3.01. The Morgan fingerprint density at radius 2 is 2.11 bits per heavy atom. The molecule has 0 fully saturated rings. The summed E-state index contributed by atoms with van der Waals surface area (Å²) in [7, 11) is 0. The number of nitrogens with zero attached hydrogens (tertiary/aromatic N) is 2. The van der Waals surface area contributed by atoms with Crippen LogP contribution in [0, 0.1) is 0 Å². The van der Waals surface area contributed by atoms with Gasteiger partial charge in [-0.3, -0.25) is 9.48 Å². The lowest BCUT2D eigenvalue weighted by Gasteiger charge is -2.06. The molecule has 1 heterocycles. The molecule has 19 heavy (non-hydrogen) atoms. The van der Waals surface area contributed by atoms with Crippen LogP contribution in [0.2, 0.25) is 0 Å². The topological polar surface area (TPSA) is 78.0 Å². The molecule has 0 saturated heterocycles. The summed E-state index contributed by atoms with van der Waals surface area (Å²) in [4.78, 5) is 21.6. The number of halogens is 3. The average Bonchev–Trinajstić information content (AvgIpc) is 2.67. The van der Waals surface area contributed by atoms with E-state index in [1.807, 2.05) is 0 Å². The Morgan fingerprint density at radius 1 is 1.42 bits per heavy atom. The molecular weight excluding hydrogens is 263 g/mol. The third kappa shape index (κ3) is 2.28. The quantitative estimate of drug-likeness (QED) is 0.856. The SMILES string of the molecule is NC(=O)c1nn(CC=O)c2cc(C(F)(F)F)ccc12. The van der Waals surface area contributed by atoms with E-state index in [1.165, 1.54) is 0 Å². The first-order valence-corrected chi connectivity index (χ1v) is 5.16. The first-order chi connectivity index (χ1) is 8.84. The minimum Gasteiger partial charge on any atom is -0.364 e. The predicted molar refractivity (Wildman–Crippen MR) is 59.3 cm³/mol. The number of aromatic nitrogens is 2. The molecule has 2 rings (SSSR count). The monoisotopic (exact) mass is 271 g/mol. The Morgan fingerprint density at radius 3 is 2.63 bits per heavy atom. The van der Waals surface area contributed by atoms with Crippen LogP contribution in [0.4, 0.5) is 13.2 Å². The van der Waals surface area contributed by atoms with E-state index in [-0.39, 0.29) is 23.1 Å². The van der Waals surface area contributed by atoms with Crippen molar-refractivity contribution in [1.82, 2.24) is 9.78 Å². The first-order valence-electron chi connectivity index (χ1n) is 5.16. The third-order valence-electron chi connectivity index (χ3n) is 2.56. The van der Waals surface area contributed by atoms with Gasteiger partial charge >= 0.3 is 6.18 Å². The van der Waals surface area contributed by atoms with Gasteiger partial charge in [-0.1, -0.05) is 0 Å². The van der Waals surface area contributed by atoms with Gasteiger partial charge in [0.25, 0.3) is 5.91 Å². The predicted octanol–water partition coefficient (Wildman–Crippen LogP) is 1.35. The zero-order valence-electron chi connectivity index (χ0n) is 9.44. The largest absolute Gasteiger partial charge is 0.416 e. The first kappa shape index (κ1) is 13.1. The van der Waals surface area contributed by atoms with Gasteiger partial charge in [-0.2, -0.15) is 18.3 Å². The summed E-state index contributed by atoms with van der Waals surface area (Å²) in [5, 5.41) is 3.93. The number of benzene rings is 1. The van der Waals surface area contributed by atoms with Crippen molar-refractivity contribution in [1.29, 1.82) is 0 Å². The second-order valence-electron chi connectivity index (χ2n) is 3.79. The summed E-state index contributed by atoms with van der Waals surface area (Å²) in [6.07, 6.45) is -4.05. The highest BCUT2D eigenvalue weighted by atomic mass is 19.4. The molecule has 0 aliphatic rings. The summed E-state index contributed by atoms with van der Waals surface area (Å²) >= 11 is 0. The molecule has 0 bridgehead atoms. The molecule has 100 valence electrons. The fourth-order valence-electron chi connectivity index (χ4n) is 1.74. The molecule has 0 atom stereocenters. The van der Waals surface area contributed by atoms with Crippen molar-refractivity contribution in [2.45, 2.75) is 12.7 Å². The molecule has 1 aromatic heterocycles. The molecule has 1 aromatic carbocycles. The molecule has 0 saturated carbocycles. The van der Waals surface area contributed by atoms with Crippen LogP contribution < -0.4 is 5.73 Å². The number of fused-ring (bicyclic) bond motifs is 1. The fraction of sp³-hybridized carbons (Fsp3) is 0.182. The Hall–Kier alpha value is -2.38. The van der Waals surface area contributed by atoms with E-state index in [2.05, 4.69) is 5.10 Å². The molecule has 0 unspecified atom stereocenters. The maximum atomic E-state index is 12.6. The Balaban J connectivity index is 2.72. The number of primary amides is 1. The van der Waals surface area contributed by atoms with Crippen LogP contribution in [0.25, 0.3) is 10.9 Å². The van der Waals surface area contributed by atoms with Gasteiger partial charge in [0, 0.05) is 5.39 Å². The van der Waals surface area contributed by atoms with Crippen molar-refractivity contribution in [3.05, 3.63) is 29.5 Å².